The van der Waals surface area contributed by atoms with Crippen molar-refractivity contribution in [3.63, 3.8) is 0 Å². The number of thiazole rings is 1. The minimum Gasteiger partial charge on any atom is -0.431 e. The summed E-state index contributed by atoms with van der Waals surface area (Å²) >= 11 is 1.50. The van der Waals surface area contributed by atoms with Crippen LogP contribution in [0.4, 0.5) is 0 Å². The third-order valence-corrected chi connectivity index (χ3v) is 6.40. The van der Waals surface area contributed by atoms with Gasteiger partial charge in [-0.05, 0) is 63.4 Å². The van der Waals surface area contributed by atoms with Crippen molar-refractivity contribution in [2.75, 3.05) is 39.3 Å². The summed E-state index contributed by atoms with van der Waals surface area (Å²) in [5.74, 6) is 1.13. The molecule has 7 heteroatoms. The highest BCUT2D eigenvalue weighted by Gasteiger charge is 2.17. The number of carbonyl (C=O) groups is 1. The van der Waals surface area contributed by atoms with Crippen molar-refractivity contribution in [3.8, 4) is 10.9 Å². The molecule has 3 rings (SSSR count). The highest BCUT2D eigenvalue weighted by Crippen LogP contribution is 2.24. The topological polar surface area (TPSA) is 57.7 Å². The van der Waals surface area contributed by atoms with Crippen LogP contribution in [0.5, 0.6) is 10.9 Å². The Morgan fingerprint density at radius 2 is 2.06 bits per heavy atom. The number of carbonyl (C=O) groups excluding carboxylic acids is 1. The molecule has 2 aromatic rings. The Morgan fingerprint density at radius 3 is 2.81 bits per heavy atom. The molecule has 0 radical (unpaired) electrons. The van der Waals surface area contributed by atoms with E-state index < -0.39 is 0 Å². The number of hydrogen-bond acceptors (Lipinski definition) is 6. The zero-order valence-electron chi connectivity index (χ0n) is 18.9. The van der Waals surface area contributed by atoms with Gasteiger partial charge < -0.3 is 19.9 Å². The summed E-state index contributed by atoms with van der Waals surface area (Å²) in [7, 11) is 0. The van der Waals surface area contributed by atoms with Crippen LogP contribution in [-0.2, 0) is 11.2 Å². The van der Waals surface area contributed by atoms with Crippen molar-refractivity contribution in [3.05, 3.63) is 41.4 Å². The van der Waals surface area contributed by atoms with E-state index in [2.05, 4.69) is 41.2 Å². The number of ether oxygens (including phenoxy) is 1. The van der Waals surface area contributed by atoms with Crippen molar-refractivity contribution in [2.24, 2.45) is 0 Å². The molecule has 1 unspecified atom stereocenters. The maximum Gasteiger partial charge on any atom is 0.278 e. The maximum atomic E-state index is 12.1. The van der Waals surface area contributed by atoms with Gasteiger partial charge in [0.05, 0.1) is 0 Å². The molecule has 1 aromatic carbocycles. The van der Waals surface area contributed by atoms with Crippen LogP contribution in [0.25, 0.3) is 0 Å². The van der Waals surface area contributed by atoms with Crippen molar-refractivity contribution in [2.45, 2.75) is 52.0 Å². The minimum atomic E-state index is 0.297. The van der Waals surface area contributed by atoms with E-state index in [0.717, 1.165) is 70.7 Å². The average Bonchev–Trinajstić information content (AvgIpc) is 3.19. The Bertz CT molecular complexity index is 766. The molecule has 1 aromatic heterocycles. The van der Waals surface area contributed by atoms with Crippen molar-refractivity contribution < 1.29 is 9.53 Å². The van der Waals surface area contributed by atoms with Gasteiger partial charge in [-0.2, -0.15) is 0 Å². The van der Waals surface area contributed by atoms with Gasteiger partial charge in [0.15, 0.2) is 0 Å². The van der Waals surface area contributed by atoms with E-state index in [9.17, 15) is 4.79 Å². The van der Waals surface area contributed by atoms with Gasteiger partial charge >= 0.3 is 0 Å². The largest absolute Gasteiger partial charge is 0.431 e. The summed E-state index contributed by atoms with van der Waals surface area (Å²) in [5.41, 5.74) is 1.32. The monoisotopic (exact) mass is 444 g/mol. The molecule has 1 N–H and O–H groups in total. The molecule has 31 heavy (non-hydrogen) atoms. The second kappa shape index (κ2) is 12.8. The highest BCUT2D eigenvalue weighted by atomic mass is 32.1. The van der Waals surface area contributed by atoms with Gasteiger partial charge in [0, 0.05) is 50.2 Å². The zero-order valence-corrected chi connectivity index (χ0v) is 19.7. The van der Waals surface area contributed by atoms with Crippen LogP contribution in [-0.4, -0.2) is 66.0 Å². The Labute approximate surface area is 190 Å². The maximum absolute atomic E-state index is 12.1. The standard InChI is InChI=1S/C24H36N4O2S/c1-3-14-27(15-4-5-16-28-17-12-25-11-10-23(28)29)20(2)19-21-6-8-22(9-7-21)30-24-26-13-18-31-24/h6-9,13,18,20,25H,3-5,10-12,14-17,19H2,1-2H3. The molecule has 1 aliphatic rings. The first kappa shape index (κ1) is 23.7. The van der Waals surface area contributed by atoms with Gasteiger partial charge in [-0.1, -0.05) is 30.4 Å². The normalized spacial score (nSPS) is 15.8. The second-order valence-corrected chi connectivity index (χ2v) is 9.08. The number of aromatic nitrogens is 1. The summed E-state index contributed by atoms with van der Waals surface area (Å²) in [6.07, 6.45) is 6.76. The Hall–Kier alpha value is -1.96. The summed E-state index contributed by atoms with van der Waals surface area (Å²) in [5, 5.41) is 5.89. The zero-order chi connectivity index (χ0) is 21.9. The quantitative estimate of drug-likeness (QED) is 0.498. The Balaban J connectivity index is 1.43. The first-order valence-corrected chi connectivity index (χ1v) is 12.4. The van der Waals surface area contributed by atoms with Crippen LogP contribution in [0.1, 0.15) is 45.1 Å². The lowest BCUT2D eigenvalue weighted by Crippen LogP contribution is -2.37. The molecule has 6 nitrogen and oxygen atoms in total. The summed E-state index contributed by atoms with van der Waals surface area (Å²) in [6, 6.07) is 8.85. The van der Waals surface area contributed by atoms with Crippen LogP contribution < -0.4 is 10.1 Å². The van der Waals surface area contributed by atoms with Gasteiger partial charge in [0.1, 0.15) is 5.75 Å². The summed E-state index contributed by atoms with van der Waals surface area (Å²) in [4.78, 5) is 20.9. The molecule has 170 valence electrons. The number of hydrogen-bond donors (Lipinski definition) is 1. The third-order valence-electron chi connectivity index (χ3n) is 5.75. The lowest BCUT2D eigenvalue weighted by molar-refractivity contribution is -0.130. The predicted octanol–water partition coefficient (Wildman–Crippen LogP) is 4.18. The van der Waals surface area contributed by atoms with E-state index >= 15 is 0 Å². The summed E-state index contributed by atoms with van der Waals surface area (Å²) < 4.78 is 5.76. The molecular weight excluding hydrogens is 408 g/mol. The smallest absolute Gasteiger partial charge is 0.278 e. The van der Waals surface area contributed by atoms with E-state index in [1.165, 1.54) is 16.9 Å². The fourth-order valence-corrected chi connectivity index (χ4v) is 4.54. The SMILES string of the molecule is CCCN(CCCCN1CCNCCC1=O)C(C)Cc1ccc(Oc2nccs2)cc1. The number of benzene rings is 1. The van der Waals surface area contributed by atoms with Gasteiger partial charge in [0.2, 0.25) is 5.91 Å². The lowest BCUT2D eigenvalue weighted by Gasteiger charge is -2.29. The van der Waals surface area contributed by atoms with Gasteiger partial charge in [-0.3, -0.25) is 4.79 Å². The molecule has 0 aliphatic carbocycles. The first-order chi connectivity index (χ1) is 15.2. The van der Waals surface area contributed by atoms with E-state index in [4.69, 9.17) is 4.74 Å². The second-order valence-electron chi connectivity index (χ2n) is 8.22. The minimum absolute atomic E-state index is 0.297. The molecule has 0 spiro atoms. The first-order valence-electron chi connectivity index (χ1n) is 11.5. The fourth-order valence-electron chi connectivity index (χ4n) is 4.04. The number of nitrogens with zero attached hydrogens (tertiary/aromatic N) is 3. The molecule has 0 saturated carbocycles. The van der Waals surface area contributed by atoms with Crippen LogP contribution in [0.3, 0.4) is 0 Å². The Kier molecular flexibility index (Phi) is 9.78. The molecule has 1 fully saturated rings. The van der Waals surface area contributed by atoms with Gasteiger partial charge in [0.25, 0.3) is 5.19 Å². The van der Waals surface area contributed by atoms with Crippen LogP contribution in [0, 0.1) is 0 Å². The molecule has 1 atom stereocenters. The molecule has 1 amide bonds. The van der Waals surface area contributed by atoms with Crippen LogP contribution in [0.15, 0.2) is 35.8 Å². The fraction of sp³-hybridized carbons (Fsp3) is 0.583. The van der Waals surface area contributed by atoms with E-state index in [1.54, 1.807) is 6.20 Å². The number of nitrogens with one attached hydrogen (secondary N) is 1. The van der Waals surface area contributed by atoms with Crippen molar-refractivity contribution in [1.82, 2.24) is 20.1 Å². The highest BCUT2D eigenvalue weighted by molar-refractivity contribution is 7.11. The third kappa shape index (κ3) is 7.91. The molecule has 2 heterocycles. The van der Waals surface area contributed by atoms with Gasteiger partial charge in [-0.15, -0.1) is 0 Å². The van der Waals surface area contributed by atoms with Gasteiger partial charge in [-0.25, -0.2) is 4.98 Å². The number of amides is 1. The van der Waals surface area contributed by atoms with Crippen molar-refractivity contribution >= 4 is 17.2 Å². The van der Waals surface area contributed by atoms with E-state index in [1.807, 2.05) is 22.4 Å². The van der Waals surface area contributed by atoms with Crippen LogP contribution >= 0.6 is 11.3 Å². The molecule has 1 saturated heterocycles. The average molecular weight is 445 g/mol. The molecule has 0 bridgehead atoms. The van der Waals surface area contributed by atoms with Crippen molar-refractivity contribution in [1.29, 1.82) is 0 Å². The van der Waals surface area contributed by atoms with Crippen LogP contribution in [0.2, 0.25) is 0 Å². The molecular formula is C24H36N4O2S. The van der Waals surface area contributed by atoms with E-state index in [-0.39, 0.29) is 0 Å². The predicted molar refractivity (Wildman–Crippen MR) is 127 cm³/mol. The Morgan fingerprint density at radius 1 is 1.23 bits per heavy atom. The lowest BCUT2D eigenvalue weighted by atomic mass is 10.0. The molecule has 1 aliphatic heterocycles. The number of rotatable bonds is 12. The number of unbranched alkanes of at least 4 members (excludes halogenated alkanes) is 1. The van der Waals surface area contributed by atoms with E-state index in [0.29, 0.717) is 23.6 Å². The summed E-state index contributed by atoms with van der Waals surface area (Å²) in [6.45, 7) is 10.2.